The van der Waals surface area contributed by atoms with E-state index in [1.165, 1.54) is 0 Å². The number of rotatable bonds is 5. The Balaban J connectivity index is 1.73. The highest BCUT2D eigenvalue weighted by Crippen LogP contribution is 2.27. The lowest BCUT2D eigenvalue weighted by atomic mass is 10.3. The minimum atomic E-state index is 0.268. The summed E-state index contributed by atoms with van der Waals surface area (Å²) in [6.07, 6.45) is 0. The van der Waals surface area contributed by atoms with Crippen molar-refractivity contribution in [2.24, 2.45) is 0 Å². The summed E-state index contributed by atoms with van der Waals surface area (Å²) in [6.45, 7) is 3.30. The molecular formula is C16H16N2O2S. The van der Waals surface area contributed by atoms with Gasteiger partial charge >= 0.3 is 0 Å². The molecule has 3 aromatic rings. The Morgan fingerprint density at radius 3 is 2.76 bits per heavy atom. The number of ether oxygens (including phenoxy) is 1. The van der Waals surface area contributed by atoms with Crippen molar-refractivity contribution in [2.45, 2.75) is 13.5 Å². The summed E-state index contributed by atoms with van der Waals surface area (Å²) in [4.78, 5) is 4.60. The van der Waals surface area contributed by atoms with Crippen LogP contribution < -0.4 is 10.1 Å². The third kappa shape index (κ3) is 3.25. The normalized spacial score (nSPS) is 10.7. The zero-order chi connectivity index (χ0) is 14.7. The Bertz CT molecular complexity index is 738. The minimum Gasteiger partial charge on any atom is -0.508 e. The van der Waals surface area contributed by atoms with Crippen LogP contribution in [0, 0.1) is 0 Å². The number of hydrogen-bond acceptors (Lipinski definition) is 5. The quantitative estimate of drug-likeness (QED) is 0.699. The van der Waals surface area contributed by atoms with Gasteiger partial charge in [-0.05, 0) is 49.4 Å². The van der Waals surface area contributed by atoms with Crippen LogP contribution in [-0.4, -0.2) is 16.7 Å². The molecule has 0 saturated carbocycles. The lowest BCUT2D eigenvalue weighted by Gasteiger charge is -2.03. The Labute approximate surface area is 127 Å². The summed E-state index contributed by atoms with van der Waals surface area (Å²) in [6, 6.07) is 13.0. The highest BCUT2D eigenvalue weighted by molar-refractivity contribution is 7.18. The molecule has 0 aliphatic rings. The molecule has 0 spiro atoms. The Morgan fingerprint density at radius 1 is 1.19 bits per heavy atom. The molecule has 2 N–H and O–H groups in total. The van der Waals surface area contributed by atoms with Gasteiger partial charge in [0.05, 0.1) is 23.4 Å². The summed E-state index contributed by atoms with van der Waals surface area (Å²) in [7, 11) is 0. The number of hydrogen-bond donors (Lipinski definition) is 2. The van der Waals surface area contributed by atoms with Gasteiger partial charge in [0.25, 0.3) is 0 Å². The molecule has 0 aliphatic heterocycles. The van der Waals surface area contributed by atoms with E-state index in [2.05, 4.69) is 10.3 Å². The fraction of sp³-hybridized carbons (Fsp3) is 0.188. The lowest BCUT2D eigenvalue weighted by molar-refractivity contribution is 0.341. The average Bonchev–Trinajstić information content (AvgIpc) is 2.89. The summed E-state index contributed by atoms with van der Waals surface area (Å²) >= 11 is 1.66. The Hall–Kier alpha value is -2.27. The van der Waals surface area contributed by atoms with E-state index < -0.39 is 0 Å². The van der Waals surface area contributed by atoms with Crippen LogP contribution in [0.3, 0.4) is 0 Å². The lowest BCUT2D eigenvalue weighted by Crippen LogP contribution is -1.98. The zero-order valence-corrected chi connectivity index (χ0v) is 12.5. The fourth-order valence-electron chi connectivity index (χ4n) is 2.04. The van der Waals surface area contributed by atoms with Crippen molar-refractivity contribution < 1.29 is 9.84 Å². The van der Waals surface area contributed by atoms with Crippen molar-refractivity contribution in [3.63, 3.8) is 0 Å². The van der Waals surface area contributed by atoms with E-state index in [0.717, 1.165) is 26.7 Å². The number of anilines is 1. The fourth-order valence-corrected chi connectivity index (χ4v) is 2.98. The first-order valence-electron chi connectivity index (χ1n) is 6.80. The predicted octanol–water partition coefficient (Wildman–Crippen LogP) is 4.01. The molecule has 0 amide bonds. The second kappa shape index (κ2) is 6.01. The number of aromatic hydroxyl groups is 1. The van der Waals surface area contributed by atoms with Crippen molar-refractivity contribution in [1.82, 2.24) is 4.98 Å². The smallest absolute Gasteiger partial charge is 0.120 e. The summed E-state index contributed by atoms with van der Waals surface area (Å²) in [5.41, 5.74) is 1.95. The van der Waals surface area contributed by atoms with Crippen LogP contribution in [0.5, 0.6) is 11.5 Å². The summed E-state index contributed by atoms with van der Waals surface area (Å²) in [5, 5.41) is 13.6. The largest absolute Gasteiger partial charge is 0.508 e. The van der Waals surface area contributed by atoms with E-state index >= 15 is 0 Å². The highest BCUT2D eigenvalue weighted by Gasteiger charge is 2.05. The van der Waals surface area contributed by atoms with Gasteiger partial charge in [-0.1, -0.05) is 0 Å². The number of benzene rings is 2. The molecule has 0 atom stereocenters. The van der Waals surface area contributed by atoms with Crippen LogP contribution in [0.1, 0.15) is 11.9 Å². The van der Waals surface area contributed by atoms with Crippen LogP contribution in [-0.2, 0) is 6.54 Å². The molecule has 1 heterocycles. The van der Waals surface area contributed by atoms with E-state index in [1.807, 2.05) is 37.3 Å². The number of thiazole rings is 1. The number of nitrogens with one attached hydrogen (secondary N) is 1. The van der Waals surface area contributed by atoms with Crippen molar-refractivity contribution in [3.8, 4) is 11.5 Å². The molecule has 3 rings (SSSR count). The molecule has 0 fully saturated rings. The third-order valence-corrected chi connectivity index (χ3v) is 4.04. The van der Waals surface area contributed by atoms with E-state index in [9.17, 15) is 5.11 Å². The number of phenols is 1. The van der Waals surface area contributed by atoms with Crippen molar-refractivity contribution in [2.75, 3.05) is 11.9 Å². The van der Waals surface area contributed by atoms with Gasteiger partial charge in [-0.15, -0.1) is 11.3 Å². The van der Waals surface area contributed by atoms with Gasteiger partial charge in [-0.25, -0.2) is 4.98 Å². The monoisotopic (exact) mass is 300 g/mol. The van der Waals surface area contributed by atoms with E-state index in [-0.39, 0.29) is 5.75 Å². The van der Waals surface area contributed by atoms with Crippen molar-refractivity contribution in [3.05, 3.63) is 47.5 Å². The van der Waals surface area contributed by atoms with Crippen LogP contribution in [0.15, 0.2) is 42.5 Å². The molecular weight excluding hydrogens is 284 g/mol. The first kappa shape index (κ1) is 13.7. The second-order valence-corrected chi connectivity index (χ2v) is 5.69. The molecule has 2 aromatic carbocycles. The average molecular weight is 300 g/mol. The van der Waals surface area contributed by atoms with Gasteiger partial charge in [-0.2, -0.15) is 0 Å². The van der Waals surface area contributed by atoms with Crippen LogP contribution in [0.4, 0.5) is 5.69 Å². The number of nitrogens with zero attached hydrogens (tertiary/aromatic N) is 1. The van der Waals surface area contributed by atoms with Crippen LogP contribution in [0.2, 0.25) is 0 Å². The molecule has 4 nitrogen and oxygen atoms in total. The zero-order valence-electron chi connectivity index (χ0n) is 11.7. The molecule has 0 unspecified atom stereocenters. The highest BCUT2D eigenvalue weighted by atomic mass is 32.1. The Morgan fingerprint density at radius 2 is 2.00 bits per heavy atom. The summed E-state index contributed by atoms with van der Waals surface area (Å²) < 4.78 is 6.63. The van der Waals surface area contributed by atoms with Gasteiger partial charge in [-0.3, -0.25) is 0 Å². The Kier molecular flexibility index (Phi) is 3.92. The summed E-state index contributed by atoms with van der Waals surface area (Å²) in [5.74, 6) is 1.15. The van der Waals surface area contributed by atoms with E-state index in [0.29, 0.717) is 13.2 Å². The second-order valence-electron chi connectivity index (χ2n) is 4.57. The minimum absolute atomic E-state index is 0.268. The SMILES string of the molecule is CCOc1ccc2nc(CNc3ccc(O)cc3)sc2c1. The molecule has 0 radical (unpaired) electrons. The third-order valence-electron chi connectivity index (χ3n) is 3.03. The first-order valence-corrected chi connectivity index (χ1v) is 7.61. The van der Waals surface area contributed by atoms with Crippen LogP contribution >= 0.6 is 11.3 Å². The first-order chi connectivity index (χ1) is 10.2. The van der Waals surface area contributed by atoms with Gasteiger partial charge in [0, 0.05) is 5.69 Å². The topological polar surface area (TPSA) is 54.4 Å². The number of phenolic OH excluding ortho intramolecular Hbond substituents is 1. The van der Waals surface area contributed by atoms with Crippen molar-refractivity contribution >= 4 is 27.2 Å². The molecule has 21 heavy (non-hydrogen) atoms. The molecule has 0 bridgehead atoms. The standard InChI is InChI=1S/C16H16N2O2S/c1-2-20-13-7-8-14-15(9-13)21-16(18-14)10-17-11-3-5-12(19)6-4-11/h3-9,17,19H,2,10H2,1H3. The maximum atomic E-state index is 9.26. The number of aromatic nitrogens is 1. The maximum absolute atomic E-state index is 9.26. The molecule has 0 saturated heterocycles. The van der Waals surface area contributed by atoms with E-state index in [4.69, 9.17) is 4.74 Å². The molecule has 5 heteroatoms. The van der Waals surface area contributed by atoms with Gasteiger partial charge < -0.3 is 15.2 Å². The molecule has 0 aliphatic carbocycles. The van der Waals surface area contributed by atoms with Gasteiger partial charge in [0.1, 0.15) is 16.5 Å². The van der Waals surface area contributed by atoms with E-state index in [1.54, 1.807) is 23.5 Å². The predicted molar refractivity (Wildman–Crippen MR) is 86.2 cm³/mol. The number of fused-ring (bicyclic) bond motifs is 1. The molecule has 108 valence electrons. The van der Waals surface area contributed by atoms with Crippen LogP contribution in [0.25, 0.3) is 10.2 Å². The van der Waals surface area contributed by atoms with Gasteiger partial charge in [0.2, 0.25) is 0 Å². The van der Waals surface area contributed by atoms with Gasteiger partial charge in [0.15, 0.2) is 0 Å². The van der Waals surface area contributed by atoms with Crippen molar-refractivity contribution in [1.29, 1.82) is 0 Å². The maximum Gasteiger partial charge on any atom is 0.120 e. The molecule has 1 aromatic heterocycles.